The second-order valence-corrected chi connectivity index (χ2v) is 5.59. The molecule has 6 heteroatoms. The van der Waals surface area contributed by atoms with E-state index in [4.69, 9.17) is 5.73 Å². The highest BCUT2D eigenvalue weighted by molar-refractivity contribution is 7.07. The highest BCUT2D eigenvalue weighted by Crippen LogP contribution is 2.18. The van der Waals surface area contributed by atoms with E-state index in [-0.39, 0.29) is 5.91 Å². The average molecular weight is 300 g/mol. The molecule has 0 saturated heterocycles. The third-order valence-electron chi connectivity index (χ3n) is 3.38. The minimum atomic E-state index is -0.567. The number of thiazole rings is 1. The maximum absolute atomic E-state index is 12.0. The van der Waals surface area contributed by atoms with Gasteiger partial charge in [-0.15, -0.1) is 11.3 Å². The third-order valence-corrected chi connectivity index (χ3v) is 4.01. The lowest BCUT2D eigenvalue weighted by atomic mass is 10.1. The van der Waals surface area contributed by atoms with Gasteiger partial charge in [0, 0.05) is 22.5 Å². The molecule has 0 saturated carbocycles. The van der Waals surface area contributed by atoms with Crippen molar-refractivity contribution in [2.24, 2.45) is 5.73 Å². The van der Waals surface area contributed by atoms with Gasteiger partial charge in [-0.25, -0.2) is 4.98 Å². The number of nitrogens with two attached hydrogens (primary N) is 1. The lowest BCUT2D eigenvalue weighted by molar-refractivity contribution is -0.122. The van der Waals surface area contributed by atoms with E-state index in [1.54, 1.807) is 5.51 Å². The van der Waals surface area contributed by atoms with Crippen LogP contribution in [0.1, 0.15) is 11.3 Å². The second-order valence-electron chi connectivity index (χ2n) is 4.87. The summed E-state index contributed by atoms with van der Waals surface area (Å²) in [5.74, 6) is -0.159. The molecule has 0 aliphatic heterocycles. The largest absolute Gasteiger partial charge is 0.361 e. The fourth-order valence-electron chi connectivity index (χ4n) is 2.26. The van der Waals surface area contributed by atoms with Crippen LogP contribution in [-0.2, 0) is 17.8 Å². The number of aromatic amines is 1. The van der Waals surface area contributed by atoms with Gasteiger partial charge in [0.2, 0.25) is 5.91 Å². The first-order chi connectivity index (χ1) is 10.2. The molecule has 0 spiro atoms. The molecule has 0 aliphatic rings. The van der Waals surface area contributed by atoms with Crippen LogP contribution >= 0.6 is 11.3 Å². The molecule has 108 valence electrons. The van der Waals surface area contributed by atoms with E-state index >= 15 is 0 Å². The van der Waals surface area contributed by atoms with Crippen LogP contribution in [0.3, 0.4) is 0 Å². The van der Waals surface area contributed by atoms with Crippen molar-refractivity contribution in [2.75, 3.05) is 0 Å². The minimum Gasteiger partial charge on any atom is -0.361 e. The van der Waals surface area contributed by atoms with Crippen molar-refractivity contribution in [1.82, 2.24) is 15.3 Å². The summed E-state index contributed by atoms with van der Waals surface area (Å²) in [6.45, 7) is 0.421. The first-order valence-corrected chi connectivity index (χ1v) is 7.63. The van der Waals surface area contributed by atoms with Crippen molar-refractivity contribution in [3.63, 3.8) is 0 Å². The summed E-state index contributed by atoms with van der Waals surface area (Å²) in [5, 5.41) is 5.83. The number of rotatable bonds is 5. The molecule has 0 bridgehead atoms. The Morgan fingerprint density at radius 3 is 3.10 bits per heavy atom. The molecule has 5 nitrogen and oxygen atoms in total. The smallest absolute Gasteiger partial charge is 0.237 e. The molecule has 2 aromatic heterocycles. The summed E-state index contributed by atoms with van der Waals surface area (Å²) in [4.78, 5) is 19.3. The maximum Gasteiger partial charge on any atom is 0.237 e. The number of carbonyl (C=O) groups is 1. The van der Waals surface area contributed by atoms with Gasteiger partial charge in [-0.1, -0.05) is 18.2 Å². The number of nitrogens with one attached hydrogen (secondary N) is 2. The van der Waals surface area contributed by atoms with E-state index in [0.29, 0.717) is 13.0 Å². The van der Waals surface area contributed by atoms with E-state index in [0.717, 1.165) is 22.2 Å². The monoisotopic (exact) mass is 300 g/mol. The highest BCUT2D eigenvalue weighted by atomic mass is 32.1. The molecule has 1 atom stereocenters. The first kappa shape index (κ1) is 13.8. The quantitative estimate of drug-likeness (QED) is 0.672. The topological polar surface area (TPSA) is 83.8 Å². The van der Waals surface area contributed by atoms with Crippen LogP contribution in [0.15, 0.2) is 41.4 Å². The van der Waals surface area contributed by atoms with E-state index in [1.807, 2.05) is 35.8 Å². The lowest BCUT2D eigenvalue weighted by Gasteiger charge is -2.11. The molecular formula is C15H16N4OS. The summed E-state index contributed by atoms with van der Waals surface area (Å²) in [6, 6.07) is 7.42. The number of para-hydroxylation sites is 1. The Bertz CT molecular complexity index is 735. The number of H-pyrrole nitrogens is 1. The van der Waals surface area contributed by atoms with Gasteiger partial charge >= 0.3 is 0 Å². The minimum absolute atomic E-state index is 0.159. The molecule has 3 rings (SSSR count). The van der Waals surface area contributed by atoms with E-state index in [9.17, 15) is 4.79 Å². The van der Waals surface area contributed by atoms with Gasteiger partial charge in [-0.05, 0) is 18.1 Å². The van der Waals surface area contributed by atoms with Crippen molar-refractivity contribution in [3.8, 4) is 0 Å². The van der Waals surface area contributed by atoms with Crippen LogP contribution in [0.4, 0.5) is 0 Å². The number of nitrogens with zero attached hydrogens (tertiary/aromatic N) is 1. The van der Waals surface area contributed by atoms with Gasteiger partial charge < -0.3 is 16.0 Å². The van der Waals surface area contributed by atoms with Crippen LogP contribution in [0.2, 0.25) is 0 Å². The van der Waals surface area contributed by atoms with Crippen LogP contribution in [0.25, 0.3) is 10.9 Å². The van der Waals surface area contributed by atoms with Crippen LogP contribution < -0.4 is 11.1 Å². The number of hydrogen-bond acceptors (Lipinski definition) is 4. The van der Waals surface area contributed by atoms with Crippen molar-refractivity contribution >= 4 is 28.1 Å². The summed E-state index contributed by atoms with van der Waals surface area (Å²) < 4.78 is 0. The van der Waals surface area contributed by atoms with E-state index in [2.05, 4.69) is 15.3 Å². The van der Waals surface area contributed by atoms with Gasteiger partial charge in [0.25, 0.3) is 0 Å². The number of benzene rings is 1. The zero-order valence-electron chi connectivity index (χ0n) is 11.4. The Labute approximate surface area is 126 Å². The molecular weight excluding hydrogens is 284 g/mol. The predicted molar refractivity (Wildman–Crippen MR) is 83.9 cm³/mol. The summed E-state index contributed by atoms with van der Waals surface area (Å²) in [7, 11) is 0. The Morgan fingerprint density at radius 2 is 2.29 bits per heavy atom. The maximum atomic E-state index is 12.0. The van der Waals surface area contributed by atoms with Crippen molar-refractivity contribution in [2.45, 2.75) is 19.0 Å². The number of fused-ring (bicyclic) bond motifs is 1. The molecule has 0 unspecified atom stereocenters. The zero-order valence-corrected chi connectivity index (χ0v) is 12.2. The molecule has 1 amide bonds. The number of aromatic nitrogens is 2. The molecule has 0 fully saturated rings. The van der Waals surface area contributed by atoms with Gasteiger partial charge in [0.15, 0.2) is 0 Å². The zero-order chi connectivity index (χ0) is 14.7. The van der Waals surface area contributed by atoms with Crippen molar-refractivity contribution < 1.29 is 4.79 Å². The van der Waals surface area contributed by atoms with Crippen LogP contribution in [0, 0.1) is 0 Å². The number of hydrogen-bond donors (Lipinski definition) is 3. The normalized spacial score (nSPS) is 12.4. The number of carbonyl (C=O) groups excluding carboxylic acids is 1. The molecule has 1 aromatic carbocycles. The van der Waals surface area contributed by atoms with Crippen molar-refractivity contribution in [1.29, 1.82) is 0 Å². The fourth-order valence-corrected chi connectivity index (χ4v) is 2.82. The number of amides is 1. The van der Waals surface area contributed by atoms with E-state index < -0.39 is 6.04 Å². The molecule has 2 heterocycles. The Hall–Kier alpha value is -2.18. The van der Waals surface area contributed by atoms with Gasteiger partial charge in [-0.3, -0.25) is 4.79 Å². The molecule has 0 radical (unpaired) electrons. The summed E-state index contributed by atoms with van der Waals surface area (Å²) in [6.07, 6.45) is 2.42. The van der Waals surface area contributed by atoms with Crippen molar-refractivity contribution in [3.05, 3.63) is 52.6 Å². The van der Waals surface area contributed by atoms with Gasteiger partial charge in [-0.2, -0.15) is 0 Å². The Morgan fingerprint density at radius 1 is 1.43 bits per heavy atom. The first-order valence-electron chi connectivity index (χ1n) is 6.69. The predicted octanol–water partition coefficient (Wildman–Crippen LogP) is 1.81. The average Bonchev–Trinajstić information content (AvgIpc) is 3.15. The third kappa shape index (κ3) is 3.12. The molecule has 4 N–H and O–H groups in total. The summed E-state index contributed by atoms with van der Waals surface area (Å²) >= 11 is 1.51. The van der Waals surface area contributed by atoms with E-state index in [1.165, 1.54) is 11.3 Å². The highest BCUT2D eigenvalue weighted by Gasteiger charge is 2.16. The SMILES string of the molecule is N[C@@H](Cc1c[nH]c2ccccc12)C(=O)NCc1cscn1. The van der Waals surface area contributed by atoms with Crippen LogP contribution in [0.5, 0.6) is 0 Å². The summed E-state index contributed by atoms with van der Waals surface area (Å²) in [5.41, 5.74) is 10.7. The Kier molecular flexibility index (Phi) is 3.98. The molecule has 21 heavy (non-hydrogen) atoms. The Balaban J connectivity index is 1.62. The van der Waals surface area contributed by atoms with Gasteiger partial charge in [0.05, 0.1) is 23.8 Å². The fraction of sp³-hybridized carbons (Fsp3) is 0.200. The molecule has 0 aliphatic carbocycles. The second kappa shape index (κ2) is 6.07. The van der Waals surface area contributed by atoms with Gasteiger partial charge in [0.1, 0.15) is 0 Å². The standard InChI is InChI=1S/C15H16N4OS/c16-13(15(20)18-7-11-8-21-9-19-11)5-10-6-17-14-4-2-1-3-12(10)14/h1-4,6,8-9,13,17H,5,7,16H2,(H,18,20)/t13-/m0/s1. The van der Waals surface area contributed by atoms with Crippen LogP contribution in [-0.4, -0.2) is 21.9 Å². The lowest BCUT2D eigenvalue weighted by Crippen LogP contribution is -2.41. The molecule has 3 aromatic rings.